The molecule has 4 aromatic carbocycles. The van der Waals surface area contributed by atoms with Crippen LogP contribution in [0.25, 0.3) is 10.9 Å². The number of aliphatic imine (C=N–C) groups is 1. The van der Waals surface area contributed by atoms with E-state index in [4.69, 9.17) is 27.0 Å². The van der Waals surface area contributed by atoms with Crippen molar-refractivity contribution in [3.8, 4) is 5.75 Å². The smallest absolute Gasteiger partial charge is 0.306 e. The highest BCUT2D eigenvalue weighted by molar-refractivity contribution is 6.37. The molecule has 2 aromatic heterocycles. The van der Waals surface area contributed by atoms with Crippen LogP contribution in [0.2, 0.25) is 0 Å². The maximum atomic E-state index is 14.7. The van der Waals surface area contributed by atoms with E-state index in [0.717, 1.165) is 6.92 Å². The zero-order chi connectivity index (χ0) is 85.7. The van der Waals surface area contributed by atoms with Crippen LogP contribution in [0.15, 0.2) is 115 Å². The molecule has 0 unspecified atom stereocenters. The molecular formula is C81H101N17O20. The fourth-order valence-electron chi connectivity index (χ4n) is 13.5. The van der Waals surface area contributed by atoms with Gasteiger partial charge in [-0.15, -0.1) is 0 Å². The van der Waals surface area contributed by atoms with Gasteiger partial charge in [0.05, 0.1) is 19.5 Å². The number of aromatic nitrogens is 3. The number of hydrogen-bond donors (Lipinski definition) is 17. The number of aliphatic carboxylic acids is 1. The highest BCUT2D eigenvalue weighted by atomic mass is 16.5. The Balaban J connectivity index is 0.000000560. The number of nitrogens with two attached hydrogens (primary N) is 3. The van der Waals surface area contributed by atoms with Gasteiger partial charge in [0, 0.05) is 110 Å². The van der Waals surface area contributed by atoms with E-state index in [9.17, 15) is 86.9 Å². The molecule has 2 aliphatic heterocycles. The zero-order valence-electron chi connectivity index (χ0n) is 65.6. The minimum absolute atomic E-state index is 0.0159. The number of aliphatic hydroxyl groups is 1. The summed E-state index contributed by atoms with van der Waals surface area (Å²) in [6.07, 6.45) is 5.75. The van der Waals surface area contributed by atoms with E-state index in [2.05, 4.69) is 67.8 Å². The minimum Gasteiger partial charge on any atom is -0.508 e. The molecule has 3 aliphatic rings. The fourth-order valence-corrected chi connectivity index (χ4v) is 13.5. The summed E-state index contributed by atoms with van der Waals surface area (Å²) in [6.45, 7) is 3.39. The van der Waals surface area contributed by atoms with Crippen LogP contribution >= 0.6 is 0 Å². The molecule has 20 N–H and O–H groups in total. The number of guanidine groups is 1. The second kappa shape index (κ2) is 44.2. The normalized spacial score (nSPS) is 15.7. The third-order valence-corrected chi connectivity index (χ3v) is 19.8. The van der Waals surface area contributed by atoms with Gasteiger partial charge in [-0.3, -0.25) is 81.7 Å². The van der Waals surface area contributed by atoms with Gasteiger partial charge in [-0.25, -0.2) is 4.98 Å². The summed E-state index contributed by atoms with van der Waals surface area (Å²) < 4.78 is 5.10. The number of carboxylic acids is 1. The lowest BCUT2D eigenvalue weighted by Gasteiger charge is -2.30. The molecule has 2 fully saturated rings. The lowest BCUT2D eigenvalue weighted by atomic mass is 9.83. The Hall–Kier alpha value is -13.1. The van der Waals surface area contributed by atoms with Crippen LogP contribution < -0.4 is 65.1 Å². The molecule has 37 nitrogen and oxygen atoms in total. The second-order valence-electron chi connectivity index (χ2n) is 29.2. The summed E-state index contributed by atoms with van der Waals surface area (Å²) in [4.78, 5) is 227. The summed E-state index contributed by atoms with van der Waals surface area (Å²) in [5.74, 6) is -11.8. The Labute approximate surface area is 678 Å². The SMILES string of the molecule is CC(=O)C(=O)CNC(=O)[C@@H]1CCCN1C(=O)[C@H](CCCN=C(N)N)NC(=O)[C@H](CC(C)C)NC(=O)[C@@H](CCCCN)NC(=O)[C@H](Cc1ccc(O)cc1)NC(=O)[C@H](CO)NC(=O)[C@H](Cc1c[nH]c2ccccc12)NC(=O)[C@H](Cc1cnc[nH]1)NC(=O)[C@@H]1CCC(=O)N1.O=C(O)CCCC(=O)OCc1ccc2c(c1)C(=O)c1ccccc1C2=O. The van der Waals surface area contributed by atoms with Crippen LogP contribution in [0.4, 0.5) is 0 Å². The highest BCUT2D eigenvalue weighted by Crippen LogP contribution is 2.29. The van der Waals surface area contributed by atoms with Crippen molar-refractivity contribution in [2.24, 2.45) is 28.1 Å². The molecule has 10 amide bonds. The molecule has 630 valence electrons. The Kier molecular flexibility index (Phi) is 33.9. The van der Waals surface area contributed by atoms with Gasteiger partial charge in [0.2, 0.25) is 64.9 Å². The molecule has 37 heteroatoms. The Morgan fingerprint density at radius 1 is 0.636 bits per heavy atom. The fraction of sp³-hybridized carbons (Fsp3) is 0.432. The van der Waals surface area contributed by atoms with Crippen molar-refractivity contribution < 1.29 is 96.8 Å². The molecule has 0 radical (unpaired) electrons. The standard InChI is InChI=1S/C61H85N17O14.C20H16O6/c1-33(2)24-44(54(86)72-43(13-8-22-66-61(63)64)60(92)78-23-9-14-49(78)59(91)68-30-50(82)34(3)80)73-52(84)41(12-6-7-21-62)71-55(87)45(25-35-15-17-38(81)18-16-35)74-58(90)48(31-79)77-56(88)46(26-36-28-67-40-11-5-4-10-39(36)40)75-57(89)47(27-37-29-65-32-69-37)76-53(85)42-19-20-51(83)70-42;21-17(22)6-3-7-18(23)26-11-12-8-9-15-16(10-12)20(25)14-5-2-1-4-13(14)19(15)24/h4-5,10-11,15-18,28-29,32-33,41-49,67,79,81H,6-9,12-14,19-27,30-31,62H2,1-3H3,(H,65,69)(H,68,91)(H,70,83)(H,71,87)(H,72,86)(H,73,84)(H,74,90)(H,75,89)(H,76,85)(H,77,88)(H4,63,64,66);1-2,4-5,8-10H,3,6-7,11H2,(H,21,22)/t41-,42+,43+,44+,45+,46+,47+,48+,49+;/m1./s1. The molecule has 2 saturated heterocycles. The van der Waals surface area contributed by atoms with Gasteiger partial charge in [0.25, 0.3) is 0 Å². The van der Waals surface area contributed by atoms with Gasteiger partial charge < -0.3 is 100.0 Å². The number of unbranched alkanes of at least 4 members (excludes halogenated alkanes) is 1. The largest absolute Gasteiger partial charge is 0.508 e. The second-order valence-corrected chi connectivity index (χ2v) is 29.2. The number of ether oxygens (including phenoxy) is 1. The highest BCUT2D eigenvalue weighted by Gasteiger charge is 2.41. The predicted octanol–water partition coefficient (Wildman–Crippen LogP) is -0.457. The average Bonchev–Trinajstić information content (AvgIpc) is 1.06. The van der Waals surface area contributed by atoms with Gasteiger partial charge in [0.15, 0.2) is 23.3 Å². The number of benzene rings is 4. The van der Waals surface area contributed by atoms with Crippen molar-refractivity contribution in [2.45, 2.75) is 184 Å². The van der Waals surface area contributed by atoms with Crippen LogP contribution in [0, 0.1) is 5.92 Å². The number of carbonyl (C=O) groups is 16. The van der Waals surface area contributed by atoms with Crippen molar-refractivity contribution in [1.82, 2.24) is 67.7 Å². The number of rotatable bonds is 42. The first-order chi connectivity index (χ1) is 56.4. The molecule has 4 heterocycles. The number of H-pyrrole nitrogens is 2. The number of amides is 10. The number of carbonyl (C=O) groups excluding carboxylic acids is 15. The van der Waals surface area contributed by atoms with Crippen molar-refractivity contribution in [3.05, 3.63) is 154 Å². The van der Waals surface area contributed by atoms with Gasteiger partial charge in [-0.2, -0.15) is 0 Å². The topological polar surface area (TPSA) is 589 Å². The summed E-state index contributed by atoms with van der Waals surface area (Å²) in [7, 11) is 0. The van der Waals surface area contributed by atoms with Crippen LogP contribution in [0.5, 0.6) is 5.75 Å². The molecule has 0 saturated carbocycles. The number of phenolic OH excluding ortho intramolecular Hbond substituents is 1. The van der Waals surface area contributed by atoms with E-state index in [1.165, 1.54) is 41.7 Å². The number of esters is 1. The summed E-state index contributed by atoms with van der Waals surface area (Å²) in [5, 5.41) is 53.9. The maximum Gasteiger partial charge on any atom is 0.306 e. The molecule has 6 aromatic rings. The minimum atomic E-state index is -1.79. The molecule has 9 rings (SSSR count). The third-order valence-electron chi connectivity index (χ3n) is 19.8. The number of hydrogen-bond acceptors (Lipinski definition) is 22. The number of fused-ring (bicyclic) bond motifs is 3. The number of aromatic amines is 2. The van der Waals surface area contributed by atoms with Crippen LogP contribution in [0.3, 0.4) is 0 Å². The third kappa shape index (κ3) is 26.5. The number of para-hydroxylation sites is 1. The molecule has 0 bridgehead atoms. The first-order valence-electron chi connectivity index (χ1n) is 38.8. The number of Topliss-reactive ketones (excluding diaryl/α,β-unsaturated/α-hetero) is 2. The van der Waals surface area contributed by atoms with Crippen LogP contribution in [0.1, 0.15) is 158 Å². The van der Waals surface area contributed by atoms with Crippen molar-refractivity contribution in [1.29, 1.82) is 0 Å². The Morgan fingerprint density at radius 3 is 1.86 bits per heavy atom. The number of ketones is 4. The number of carboxylic acid groups (broad SMARTS) is 1. The lowest BCUT2D eigenvalue weighted by Crippen LogP contribution is -2.61. The molecule has 118 heavy (non-hydrogen) atoms. The number of nitrogens with zero attached hydrogens (tertiary/aromatic N) is 3. The zero-order valence-corrected chi connectivity index (χ0v) is 65.6. The van der Waals surface area contributed by atoms with Gasteiger partial charge in [-0.1, -0.05) is 74.5 Å². The summed E-state index contributed by atoms with van der Waals surface area (Å²) in [5.41, 5.74) is 21.0. The lowest BCUT2D eigenvalue weighted by molar-refractivity contribution is -0.145. The van der Waals surface area contributed by atoms with Gasteiger partial charge in [0.1, 0.15) is 66.7 Å². The molecular weight excluding hydrogens is 1530 g/mol. The summed E-state index contributed by atoms with van der Waals surface area (Å²) >= 11 is 0. The van der Waals surface area contributed by atoms with Crippen molar-refractivity contribution in [3.63, 3.8) is 0 Å². The number of aliphatic hydroxyl groups excluding tert-OH is 1. The average molecular weight is 1630 g/mol. The Bertz CT molecular complexity index is 4680. The van der Waals surface area contributed by atoms with E-state index in [1.54, 1.807) is 86.8 Å². The van der Waals surface area contributed by atoms with E-state index in [1.807, 2.05) is 0 Å². The van der Waals surface area contributed by atoms with E-state index >= 15 is 0 Å². The monoisotopic (exact) mass is 1630 g/mol. The number of likely N-dealkylation sites (tertiary alicyclic amines) is 1. The van der Waals surface area contributed by atoms with Crippen LogP contribution in [-0.2, 0) is 97.7 Å². The van der Waals surface area contributed by atoms with Gasteiger partial charge in [-0.05, 0) is 124 Å². The predicted molar refractivity (Wildman–Crippen MR) is 425 cm³/mol. The summed E-state index contributed by atoms with van der Waals surface area (Å²) in [6, 6.07) is 12.1. The number of phenols is 1. The van der Waals surface area contributed by atoms with E-state index < -0.39 is 144 Å². The maximum absolute atomic E-state index is 14.7. The quantitative estimate of drug-likeness (QED) is 0.00757. The first kappa shape index (κ1) is 90.5. The number of imidazole rings is 1. The van der Waals surface area contributed by atoms with E-state index in [0.29, 0.717) is 68.4 Å². The molecule has 9 atom stereocenters. The van der Waals surface area contributed by atoms with Crippen molar-refractivity contribution in [2.75, 3.05) is 32.8 Å². The van der Waals surface area contributed by atoms with Gasteiger partial charge >= 0.3 is 11.9 Å². The number of nitrogens with one attached hydrogen (secondary N) is 11. The molecule has 0 spiro atoms. The first-order valence-corrected chi connectivity index (χ1v) is 38.8. The Morgan fingerprint density at radius 2 is 1.23 bits per heavy atom. The number of aromatic hydroxyl groups is 1. The van der Waals surface area contributed by atoms with Crippen LogP contribution in [-0.4, -0.2) is 222 Å². The van der Waals surface area contributed by atoms with E-state index in [-0.39, 0.29) is 151 Å². The van der Waals surface area contributed by atoms with Crippen molar-refractivity contribution >= 4 is 111 Å². The molecule has 1 aliphatic carbocycles.